The van der Waals surface area contributed by atoms with Gasteiger partial charge in [0.25, 0.3) is 0 Å². The molecule has 1 aliphatic carbocycles. The molecule has 92 valence electrons. The molecule has 0 unspecified atom stereocenters. The van der Waals surface area contributed by atoms with E-state index in [9.17, 15) is 18.0 Å². The zero-order chi connectivity index (χ0) is 12.6. The van der Waals surface area contributed by atoms with E-state index in [1.54, 1.807) is 0 Å². The standard InChI is InChI=1S/C11H10F3NO2/c12-11(13,14)8-1-2-15-9(5-8)6-3-7(4-6)10(16)17/h1-2,5-7H,3-4H2,(H,16,17). The number of hydrogen-bond acceptors (Lipinski definition) is 2. The molecule has 0 bridgehead atoms. The number of carboxylic acids is 1. The summed E-state index contributed by atoms with van der Waals surface area (Å²) in [7, 11) is 0. The molecule has 6 heteroatoms. The number of aliphatic carboxylic acids is 1. The number of hydrogen-bond donors (Lipinski definition) is 1. The number of nitrogens with zero attached hydrogens (tertiary/aromatic N) is 1. The third-order valence-electron chi connectivity index (χ3n) is 3.01. The summed E-state index contributed by atoms with van der Waals surface area (Å²) in [4.78, 5) is 14.5. The van der Waals surface area contributed by atoms with Crippen molar-refractivity contribution in [3.8, 4) is 0 Å². The Morgan fingerprint density at radius 3 is 2.59 bits per heavy atom. The predicted molar refractivity (Wildman–Crippen MR) is 52.3 cm³/mol. The second-order valence-electron chi connectivity index (χ2n) is 4.17. The Hall–Kier alpha value is -1.59. The third kappa shape index (κ3) is 2.40. The highest BCUT2D eigenvalue weighted by Gasteiger charge is 2.37. The summed E-state index contributed by atoms with van der Waals surface area (Å²) in [5.74, 6) is -1.51. The van der Waals surface area contributed by atoms with Crippen LogP contribution in [0, 0.1) is 5.92 Å². The van der Waals surface area contributed by atoms with Gasteiger partial charge in [-0.2, -0.15) is 13.2 Å². The number of alkyl halides is 3. The van der Waals surface area contributed by atoms with Crippen LogP contribution in [0.2, 0.25) is 0 Å². The van der Waals surface area contributed by atoms with Gasteiger partial charge in [-0.05, 0) is 25.0 Å². The number of carboxylic acid groups (broad SMARTS) is 1. The molecule has 0 atom stereocenters. The van der Waals surface area contributed by atoms with Gasteiger partial charge in [-0.1, -0.05) is 0 Å². The summed E-state index contributed by atoms with van der Waals surface area (Å²) in [5, 5.41) is 8.68. The smallest absolute Gasteiger partial charge is 0.416 e. The summed E-state index contributed by atoms with van der Waals surface area (Å²) in [6, 6.07) is 1.92. The van der Waals surface area contributed by atoms with Gasteiger partial charge in [0.15, 0.2) is 0 Å². The van der Waals surface area contributed by atoms with Crippen molar-refractivity contribution in [1.82, 2.24) is 4.98 Å². The second-order valence-corrected chi connectivity index (χ2v) is 4.17. The Bertz CT molecular complexity index is 439. The van der Waals surface area contributed by atoms with Crippen LogP contribution in [0.25, 0.3) is 0 Å². The Morgan fingerprint density at radius 2 is 2.06 bits per heavy atom. The molecule has 1 saturated carbocycles. The summed E-state index contributed by atoms with van der Waals surface area (Å²) in [5.41, 5.74) is -0.404. The minimum absolute atomic E-state index is 0.168. The summed E-state index contributed by atoms with van der Waals surface area (Å²) >= 11 is 0. The first-order valence-electron chi connectivity index (χ1n) is 5.14. The average molecular weight is 245 g/mol. The molecule has 0 aliphatic heterocycles. The molecule has 1 heterocycles. The molecule has 1 fully saturated rings. The van der Waals surface area contributed by atoms with Crippen molar-refractivity contribution in [3.05, 3.63) is 29.6 Å². The molecule has 3 nitrogen and oxygen atoms in total. The number of pyridine rings is 1. The number of rotatable bonds is 2. The van der Waals surface area contributed by atoms with Crippen molar-refractivity contribution in [2.24, 2.45) is 5.92 Å². The predicted octanol–water partition coefficient (Wildman–Crippen LogP) is 2.68. The highest BCUT2D eigenvalue weighted by Crippen LogP contribution is 2.42. The normalized spacial score (nSPS) is 24.2. The average Bonchev–Trinajstić information content (AvgIpc) is 2.13. The summed E-state index contributed by atoms with van der Waals surface area (Å²) in [6.45, 7) is 0. The molecule has 0 amide bonds. The van der Waals surface area contributed by atoms with Gasteiger partial charge in [0.05, 0.1) is 11.5 Å². The van der Waals surface area contributed by atoms with Gasteiger partial charge in [-0.25, -0.2) is 0 Å². The monoisotopic (exact) mass is 245 g/mol. The van der Waals surface area contributed by atoms with Crippen molar-refractivity contribution in [2.45, 2.75) is 24.9 Å². The van der Waals surface area contributed by atoms with Crippen LogP contribution < -0.4 is 0 Å². The fourth-order valence-corrected chi connectivity index (χ4v) is 1.91. The van der Waals surface area contributed by atoms with Crippen molar-refractivity contribution >= 4 is 5.97 Å². The molecule has 1 aliphatic rings. The fraction of sp³-hybridized carbons (Fsp3) is 0.455. The van der Waals surface area contributed by atoms with Gasteiger partial charge in [0.2, 0.25) is 0 Å². The lowest BCUT2D eigenvalue weighted by atomic mass is 9.73. The molecular formula is C11H10F3NO2. The third-order valence-corrected chi connectivity index (χ3v) is 3.01. The first-order valence-corrected chi connectivity index (χ1v) is 5.14. The SMILES string of the molecule is O=C(O)C1CC(c2cc(C(F)(F)F)ccn2)C1. The van der Waals surface area contributed by atoms with Crippen molar-refractivity contribution in [2.75, 3.05) is 0 Å². The highest BCUT2D eigenvalue weighted by molar-refractivity contribution is 5.71. The van der Waals surface area contributed by atoms with Crippen molar-refractivity contribution < 1.29 is 23.1 Å². The Balaban J connectivity index is 2.11. The van der Waals surface area contributed by atoms with Crippen molar-refractivity contribution in [3.63, 3.8) is 0 Å². The maximum absolute atomic E-state index is 12.4. The van der Waals surface area contributed by atoms with Crippen LogP contribution in [-0.2, 0) is 11.0 Å². The molecule has 2 rings (SSSR count). The zero-order valence-electron chi connectivity index (χ0n) is 8.74. The Morgan fingerprint density at radius 1 is 1.41 bits per heavy atom. The van der Waals surface area contributed by atoms with E-state index in [1.165, 1.54) is 0 Å². The van der Waals surface area contributed by atoms with Crippen LogP contribution in [-0.4, -0.2) is 16.1 Å². The van der Waals surface area contributed by atoms with E-state index in [2.05, 4.69) is 4.98 Å². The van der Waals surface area contributed by atoms with Crippen molar-refractivity contribution in [1.29, 1.82) is 0 Å². The molecule has 0 spiro atoms. The largest absolute Gasteiger partial charge is 0.481 e. The second kappa shape index (κ2) is 4.01. The molecule has 1 aromatic rings. The van der Waals surface area contributed by atoms with Crippen LogP contribution in [0.5, 0.6) is 0 Å². The Kier molecular flexibility index (Phi) is 2.81. The van der Waals surface area contributed by atoms with E-state index in [4.69, 9.17) is 5.11 Å². The van der Waals surface area contributed by atoms with Crippen LogP contribution in [0.3, 0.4) is 0 Å². The lowest BCUT2D eigenvalue weighted by molar-refractivity contribution is -0.145. The molecule has 1 aromatic heterocycles. The highest BCUT2D eigenvalue weighted by atomic mass is 19.4. The minimum atomic E-state index is -4.38. The molecule has 0 radical (unpaired) electrons. The summed E-state index contributed by atoms with van der Waals surface area (Å²) in [6.07, 6.45) is -2.53. The number of carbonyl (C=O) groups is 1. The van der Waals surface area contributed by atoms with Gasteiger partial charge >= 0.3 is 12.1 Å². The quantitative estimate of drug-likeness (QED) is 0.871. The maximum Gasteiger partial charge on any atom is 0.416 e. The lowest BCUT2D eigenvalue weighted by Gasteiger charge is -2.31. The van der Waals surface area contributed by atoms with E-state index in [0.29, 0.717) is 18.5 Å². The van der Waals surface area contributed by atoms with Crippen LogP contribution in [0.15, 0.2) is 18.3 Å². The maximum atomic E-state index is 12.4. The molecule has 0 aromatic carbocycles. The van der Waals surface area contributed by atoms with E-state index in [0.717, 1.165) is 18.3 Å². The van der Waals surface area contributed by atoms with Gasteiger partial charge in [-0.15, -0.1) is 0 Å². The van der Waals surface area contributed by atoms with Gasteiger partial charge in [0, 0.05) is 17.8 Å². The minimum Gasteiger partial charge on any atom is -0.481 e. The van der Waals surface area contributed by atoms with Crippen LogP contribution in [0.1, 0.15) is 30.0 Å². The van der Waals surface area contributed by atoms with Gasteiger partial charge < -0.3 is 5.11 Å². The lowest BCUT2D eigenvalue weighted by Crippen LogP contribution is -2.29. The van der Waals surface area contributed by atoms with E-state index in [1.807, 2.05) is 0 Å². The summed E-state index contributed by atoms with van der Waals surface area (Å²) < 4.78 is 37.3. The fourth-order valence-electron chi connectivity index (χ4n) is 1.91. The molecule has 0 saturated heterocycles. The number of aromatic nitrogens is 1. The topological polar surface area (TPSA) is 50.2 Å². The van der Waals surface area contributed by atoms with Crippen LogP contribution in [0.4, 0.5) is 13.2 Å². The van der Waals surface area contributed by atoms with E-state index < -0.39 is 23.6 Å². The first-order chi connectivity index (χ1) is 7.88. The Labute approximate surface area is 95.3 Å². The zero-order valence-corrected chi connectivity index (χ0v) is 8.74. The molecule has 1 N–H and O–H groups in total. The molecular weight excluding hydrogens is 235 g/mol. The van der Waals surface area contributed by atoms with Gasteiger partial charge in [-0.3, -0.25) is 9.78 Å². The number of halogens is 3. The van der Waals surface area contributed by atoms with Crippen LogP contribution >= 0.6 is 0 Å². The van der Waals surface area contributed by atoms with Gasteiger partial charge in [0.1, 0.15) is 0 Å². The first kappa shape index (κ1) is 11.9. The van der Waals surface area contributed by atoms with E-state index in [-0.39, 0.29) is 5.92 Å². The molecule has 17 heavy (non-hydrogen) atoms. The van der Waals surface area contributed by atoms with E-state index >= 15 is 0 Å².